The molecular formula is C19H26N3O6+. The molecular weight excluding hydrogens is 366 g/mol. The number of hydrogen-bond donors (Lipinski definition) is 1. The maximum atomic E-state index is 13.0. The summed E-state index contributed by atoms with van der Waals surface area (Å²) in [6, 6.07) is 4.54. The molecule has 2 heterocycles. The molecule has 2 aliphatic heterocycles. The minimum absolute atomic E-state index is 0.142. The molecule has 0 aromatic heterocycles. The molecule has 0 saturated carbocycles. The molecule has 1 atom stereocenters. The second-order valence-electron chi connectivity index (χ2n) is 6.71. The van der Waals surface area contributed by atoms with Gasteiger partial charge in [0.05, 0.1) is 59.1 Å². The molecule has 2 aliphatic rings. The number of carbonyl (C=O) groups is 3. The van der Waals surface area contributed by atoms with E-state index in [-0.39, 0.29) is 24.3 Å². The van der Waals surface area contributed by atoms with Crippen LogP contribution < -0.4 is 19.3 Å². The molecule has 28 heavy (non-hydrogen) atoms. The van der Waals surface area contributed by atoms with E-state index in [0.717, 1.165) is 4.90 Å². The summed E-state index contributed by atoms with van der Waals surface area (Å²) in [5.41, 5.74) is 0.422. The van der Waals surface area contributed by atoms with Crippen molar-refractivity contribution < 1.29 is 33.5 Å². The Kier molecular flexibility index (Phi) is 6.03. The van der Waals surface area contributed by atoms with Gasteiger partial charge in [-0.15, -0.1) is 0 Å². The number of hydrogen-bond acceptors (Lipinski definition) is 6. The number of ether oxygens (including phenoxy) is 3. The first-order valence-corrected chi connectivity index (χ1v) is 9.35. The Morgan fingerprint density at radius 1 is 1.18 bits per heavy atom. The molecule has 0 radical (unpaired) electrons. The fraction of sp³-hybridized carbons (Fsp3) is 0.526. The summed E-state index contributed by atoms with van der Waals surface area (Å²) in [5.74, 6) is 0.493. The quantitative estimate of drug-likeness (QED) is 0.692. The Morgan fingerprint density at radius 3 is 2.50 bits per heavy atom. The van der Waals surface area contributed by atoms with Crippen LogP contribution in [0.1, 0.15) is 13.3 Å². The topological polar surface area (TPSA) is 89.8 Å². The van der Waals surface area contributed by atoms with Crippen molar-refractivity contribution in [1.82, 2.24) is 4.90 Å². The molecule has 1 aromatic rings. The van der Waals surface area contributed by atoms with Crippen LogP contribution in [0.15, 0.2) is 18.2 Å². The van der Waals surface area contributed by atoms with Crippen molar-refractivity contribution in [2.75, 3.05) is 51.9 Å². The third kappa shape index (κ3) is 3.75. The van der Waals surface area contributed by atoms with Crippen LogP contribution >= 0.6 is 0 Å². The monoisotopic (exact) mass is 392 g/mol. The number of benzene rings is 1. The van der Waals surface area contributed by atoms with Crippen molar-refractivity contribution in [2.45, 2.75) is 19.4 Å². The van der Waals surface area contributed by atoms with Gasteiger partial charge in [-0.05, 0) is 19.1 Å². The Balaban J connectivity index is 1.72. The first-order valence-electron chi connectivity index (χ1n) is 9.35. The molecule has 2 fully saturated rings. The number of nitrogens with one attached hydrogen (secondary N) is 1. The number of carbonyl (C=O) groups excluding carboxylic acids is 3. The summed E-state index contributed by atoms with van der Waals surface area (Å²) in [5, 5.41) is 0. The molecule has 0 spiro atoms. The van der Waals surface area contributed by atoms with Crippen LogP contribution in [0.25, 0.3) is 0 Å². The highest BCUT2D eigenvalue weighted by atomic mass is 16.6. The highest BCUT2D eigenvalue weighted by Crippen LogP contribution is 2.34. The lowest BCUT2D eigenvalue weighted by molar-refractivity contribution is -0.918. The van der Waals surface area contributed by atoms with Crippen LogP contribution in [-0.2, 0) is 14.3 Å². The standard InChI is InChI=1S/C19H25N3O6/c1-4-28-19(25)21-9-7-20(8-10-21)15-12-17(23)22(18(15)24)14-6-5-13(26-2)11-16(14)27-3/h5-6,11,15H,4,7-10,12H2,1-3H3/p+1/t15-/m0/s1. The zero-order valence-electron chi connectivity index (χ0n) is 16.4. The number of amides is 3. The summed E-state index contributed by atoms with van der Waals surface area (Å²) in [7, 11) is 3.02. The highest BCUT2D eigenvalue weighted by Gasteiger charge is 2.47. The summed E-state index contributed by atoms with van der Waals surface area (Å²) in [6.07, 6.45) is -0.192. The van der Waals surface area contributed by atoms with E-state index < -0.39 is 6.04 Å². The molecule has 0 unspecified atom stereocenters. The summed E-state index contributed by atoms with van der Waals surface area (Å²) in [6.45, 7) is 4.28. The van der Waals surface area contributed by atoms with Gasteiger partial charge in [-0.1, -0.05) is 0 Å². The number of rotatable bonds is 5. The van der Waals surface area contributed by atoms with Gasteiger partial charge in [0, 0.05) is 6.07 Å². The van der Waals surface area contributed by atoms with Crippen LogP contribution in [0.2, 0.25) is 0 Å². The first kappa shape index (κ1) is 19.9. The smallest absolute Gasteiger partial charge is 0.410 e. The molecule has 3 rings (SSSR count). The Morgan fingerprint density at radius 2 is 1.89 bits per heavy atom. The number of nitrogens with zero attached hydrogens (tertiary/aromatic N) is 2. The molecule has 9 heteroatoms. The van der Waals surface area contributed by atoms with Crippen LogP contribution in [0.3, 0.4) is 0 Å². The van der Waals surface area contributed by atoms with Crippen LogP contribution in [0, 0.1) is 0 Å². The van der Waals surface area contributed by atoms with Crippen molar-refractivity contribution >= 4 is 23.6 Å². The molecule has 9 nitrogen and oxygen atoms in total. The number of anilines is 1. The van der Waals surface area contributed by atoms with Gasteiger partial charge in [-0.3, -0.25) is 14.5 Å². The van der Waals surface area contributed by atoms with E-state index in [9.17, 15) is 14.4 Å². The molecule has 1 N–H and O–H groups in total. The number of methoxy groups -OCH3 is 2. The van der Waals surface area contributed by atoms with Crippen molar-refractivity contribution in [3.63, 3.8) is 0 Å². The minimum atomic E-state index is -0.455. The highest BCUT2D eigenvalue weighted by molar-refractivity contribution is 6.22. The SMILES string of the molecule is CCOC(=O)N1CC[NH+]([C@H]2CC(=O)N(c3ccc(OC)cc3OC)C2=O)CC1. The molecule has 3 amide bonds. The summed E-state index contributed by atoms with van der Waals surface area (Å²) in [4.78, 5) is 41.4. The van der Waals surface area contributed by atoms with Crippen molar-refractivity contribution in [3.8, 4) is 11.5 Å². The molecule has 0 aliphatic carbocycles. The third-order valence-electron chi connectivity index (χ3n) is 5.20. The Labute approximate surface area is 163 Å². The number of piperazine rings is 1. The first-order chi connectivity index (χ1) is 13.5. The predicted molar refractivity (Wildman–Crippen MR) is 99.7 cm³/mol. The van der Waals surface area contributed by atoms with Crippen molar-refractivity contribution in [1.29, 1.82) is 0 Å². The number of imide groups is 1. The van der Waals surface area contributed by atoms with Crippen molar-refractivity contribution in [3.05, 3.63) is 18.2 Å². The average Bonchev–Trinajstić information content (AvgIpc) is 3.01. The van der Waals surface area contributed by atoms with Crippen LogP contribution in [0.4, 0.5) is 10.5 Å². The van der Waals surface area contributed by atoms with E-state index in [4.69, 9.17) is 14.2 Å². The van der Waals surface area contributed by atoms with Gasteiger partial charge >= 0.3 is 6.09 Å². The van der Waals surface area contributed by atoms with E-state index in [1.165, 1.54) is 19.1 Å². The zero-order chi connectivity index (χ0) is 20.3. The normalized spacial score (nSPS) is 20.5. The van der Waals surface area contributed by atoms with Gasteiger partial charge in [0.1, 0.15) is 11.5 Å². The van der Waals surface area contributed by atoms with Gasteiger partial charge in [0.2, 0.25) is 5.91 Å². The van der Waals surface area contributed by atoms with Gasteiger partial charge in [-0.2, -0.15) is 0 Å². The second-order valence-corrected chi connectivity index (χ2v) is 6.71. The second kappa shape index (κ2) is 8.47. The fourth-order valence-electron chi connectivity index (χ4n) is 3.71. The van der Waals surface area contributed by atoms with E-state index in [0.29, 0.717) is 50.0 Å². The lowest BCUT2D eigenvalue weighted by Crippen LogP contribution is -3.19. The van der Waals surface area contributed by atoms with E-state index in [1.807, 2.05) is 0 Å². The maximum absolute atomic E-state index is 13.0. The van der Waals surface area contributed by atoms with Crippen molar-refractivity contribution in [2.24, 2.45) is 0 Å². The minimum Gasteiger partial charge on any atom is -0.497 e. The molecule has 1 aromatic carbocycles. The van der Waals surface area contributed by atoms with E-state index >= 15 is 0 Å². The van der Waals surface area contributed by atoms with Crippen LogP contribution in [-0.4, -0.2) is 75.9 Å². The molecule has 2 saturated heterocycles. The molecule has 0 bridgehead atoms. The average molecular weight is 392 g/mol. The fourth-order valence-corrected chi connectivity index (χ4v) is 3.71. The largest absolute Gasteiger partial charge is 0.497 e. The maximum Gasteiger partial charge on any atom is 0.410 e. The van der Waals surface area contributed by atoms with Gasteiger partial charge in [-0.25, -0.2) is 9.69 Å². The predicted octanol–water partition coefficient (Wildman–Crippen LogP) is -0.307. The van der Waals surface area contributed by atoms with E-state index in [2.05, 4.69) is 0 Å². The lowest BCUT2D eigenvalue weighted by Gasteiger charge is -2.33. The van der Waals surface area contributed by atoms with Gasteiger partial charge in [0.15, 0.2) is 6.04 Å². The zero-order valence-corrected chi connectivity index (χ0v) is 16.4. The lowest BCUT2D eigenvalue weighted by atomic mass is 10.2. The number of quaternary nitrogens is 1. The van der Waals surface area contributed by atoms with Gasteiger partial charge in [0.25, 0.3) is 5.91 Å². The Bertz CT molecular complexity index is 760. The van der Waals surface area contributed by atoms with Gasteiger partial charge < -0.3 is 19.1 Å². The van der Waals surface area contributed by atoms with E-state index in [1.54, 1.807) is 30.0 Å². The third-order valence-corrected chi connectivity index (χ3v) is 5.20. The Hall–Kier alpha value is -2.81. The summed E-state index contributed by atoms with van der Waals surface area (Å²) < 4.78 is 15.5. The summed E-state index contributed by atoms with van der Waals surface area (Å²) >= 11 is 0. The van der Waals surface area contributed by atoms with Crippen LogP contribution in [0.5, 0.6) is 11.5 Å². The molecule has 152 valence electrons.